The van der Waals surface area contributed by atoms with Gasteiger partial charge in [-0.3, -0.25) is 4.79 Å². The molecule has 0 aromatic carbocycles. The van der Waals surface area contributed by atoms with Gasteiger partial charge in [0.2, 0.25) is 0 Å². The molecule has 0 saturated carbocycles. The molecule has 0 heterocycles. The summed E-state index contributed by atoms with van der Waals surface area (Å²) in [5.41, 5.74) is 0. The number of ether oxygens (including phenoxy) is 2. The zero-order chi connectivity index (χ0) is 10.8. The highest BCUT2D eigenvalue weighted by atomic mass is 16.5. The molecule has 0 spiro atoms. The molecule has 0 aromatic heterocycles. The second-order valence-corrected chi connectivity index (χ2v) is 3.01. The molecule has 0 amide bonds. The first-order valence-electron chi connectivity index (χ1n) is 4.65. The maximum Gasteiger partial charge on any atom is 0.303 e. The molecule has 1 unspecified atom stereocenters. The highest BCUT2D eigenvalue weighted by Crippen LogP contribution is 1.90. The van der Waals surface area contributed by atoms with Gasteiger partial charge >= 0.3 is 5.97 Å². The van der Waals surface area contributed by atoms with Crippen molar-refractivity contribution in [2.75, 3.05) is 33.9 Å². The van der Waals surface area contributed by atoms with Gasteiger partial charge in [0.1, 0.15) is 0 Å². The summed E-state index contributed by atoms with van der Waals surface area (Å²) in [6.07, 6.45) is 0.873. The van der Waals surface area contributed by atoms with Crippen molar-refractivity contribution in [3.05, 3.63) is 0 Å². The van der Waals surface area contributed by atoms with E-state index in [0.717, 1.165) is 0 Å². The van der Waals surface area contributed by atoms with E-state index in [9.17, 15) is 4.79 Å². The van der Waals surface area contributed by atoms with Crippen LogP contribution in [0.15, 0.2) is 0 Å². The lowest BCUT2D eigenvalue weighted by molar-refractivity contribution is -0.137. The molecule has 5 heteroatoms. The first-order valence-corrected chi connectivity index (χ1v) is 4.65. The summed E-state index contributed by atoms with van der Waals surface area (Å²) in [6.45, 7) is 1.92. The molecule has 0 saturated heterocycles. The van der Waals surface area contributed by atoms with Gasteiger partial charge in [-0.25, -0.2) is 0 Å². The Kier molecular flexibility index (Phi) is 8.51. The van der Waals surface area contributed by atoms with Crippen molar-refractivity contribution in [2.24, 2.45) is 0 Å². The lowest BCUT2D eigenvalue weighted by Gasteiger charge is -2.14. The van der Waals surface area contributed by atoms with Crippen LogP contribution in [-0.2, 0) is 14.3 Å². The summed E-state index contributed by atoms with van der Waals surface area (Å²) in [4.78, 5) is 10.2. The third kappa shape index (κ3) is 7.97. The van der Waals surface area contributed by atoms with E-state index in [4.69, 9.17) is 14.6 Å². The van der Waals surface area contributed by atoms with Crippen molar-refractivity contribution >= 4 is 5.97 Å². The minimum Gasteiger partial charge on any atom is -0.481 e. The molecular formula is C9H19NO4. The average molecular weight is 205 g/mol. The smallest absolute Gasteiger partial charge is 0.303 e. The van der Waals surface area contributed by atoms with Crippen molar-refractivity contribution in [1.82, 2.24) is 5.32 Å². The topological polar surface area (TPSA) is 67.8 Å². The van der Waals surface area contributed by atoms with Crippen LogP contribution in [0.1, 0.15) is 12.8 Å². The Morgan fingerprint density at radius 1 is 1.50 bits per heavy atom. The molecule has 0 radical (unpaired) electrons. The zero-order valence-electron chi connectivity index (χ0n) is 8.78. The Balaban J connectivity index is 3.28. The van der Waals surface area contributed by atoms with E-state index in [1.165, 1.54) is 0 Å². The van der Waals surface area contributed by atoms with Gasteiger partial charge in [0, 0.05) is 27.2 Å². The highest BCUT2D eigenvalue weighted by Gasteiger charge is 2.05. The summed E-state index contributed by atoms with van der Waals surface area (Å²) in [5, 5.41) is 11.5. The third-order valence-electron chi connectivity index (χ3n) is 1.80. The molecule has 0 aliphatic heterocycles. The predicted molar refractivity (Wildman–Crippen MR) is 52.4 cm³/mol. The van der Waals surface area contributed by atoms with E-state index in [1.807, 2.05) is 0 Å². The number of hydrogen-bond donors (Lipinski definition) is 2. The molecule has 84 valence electrons. The largest absolute Gasteiger partial charge is 0.481 e. The SMILES string of the molecule is COCC(CNCCCC(=O)O)OC. The number of methoxy groups -OCH3 is 2. The maximum absolute atomic E-state index is 10.2. The minimum absolute atomic E-state index is 0.0322. The van der Waals surface area contributed by atoms with Crippen LogP contribution >= 0.6 is 0 Å². The van der Waals surface area contributed by atoms with Gasteiger partial charge in [0.15, 0.2) is 0 Å². The fraction of sp³-hybridized carbons (Fsp3) is 0.889. The predicted octanol–water partition coefficient (Wildman–Crippen LogP) is 0.102. The number of rotatable bonds is 9. The van der Waals surface area contributed by atoms with E-state index < -0.39 is 5.97 Å². The fourth-order valence-corrected chi connectivity index (χ4v) is 1.02. The second kappa shape index (κ2) is 8.93. The Hall–Kier alpha value is -0.650. The molecule has 0 aliphatic carbocycles. The first-order chi connectivity index (χ1) is 6.70. The molecule has 2 N–H and O–H groups in total. The normalized spacial score (nSPS) is 12.7. The van der Waals surface area contributed by atoms with Crippen LogP contribution in [0.2, 0.25) is 0 Å². The van der Waals surface area contributed by atoms with Crippen LogP contribution < -0.4 is 5.32 Å². The van der Waals surface area contributed by atoms with E-state index in [1.54, 1.807) is 14.2 Å². The van der Waals surface area contributed by atoms with Crippen LogP contribution in [-0.4, -0.2) is 51.1 Å². The Bertz CT molecular complexity index is 152. The van der Waals surface area contributed by atoms with Crippen molar-refractivity contribution in [1.29, 1.82) is 0 Å². The number of carboxylic acids is 1. The van der Waals surface area contributed by atoms with Gasteiger partial charge in [0.25, 0.3) is 0 Å². The zero-order valence-corrected chi connectivity index (χ0v) is 8.78. The summed E-state index contributed by atoms with van der Waals surface area (Å²) in [5.74, 6) is -0.757. The molecule has 0 fully saturated rings. The van der Waals surface area contributed by atoms with Gasteiger partial charge < -0.3 is 19.9 Å². The van der Waals surface area contributed by atoms with E-state index >= 15 is 0 Å². The minimum atomic E-state index is -0.757. The van der Waals surface area contributed by atoms with E-state index in [0.29, 0.717) is 26.1 Å². The van der Waals surface area contributed by atoms with Gasteiger partial charge in [-0.1, -0.05) is 0 Å². The number of carboxylic acid groups (broad SMARTS) is 1. The van der Waals surface area contributed by atoms with Crippen LogP contribution in [0.3, 0.4) is 0 Å². The quantitative estimate of drug-likeness (QED) is 0.523. The fourth-order valence-electron chi connectivity index (χ4n) is 1.02. The number of aliphatic carboxylic acids is 1. The standard InChI is InChI=1S/C9H19NO4/c1-13-7-8(14-2)6-10-5-3-4-9(11)12/h8,10H,3-7H2,1-2H3,(H,11,12). The van der Waals surface area contributed by atoms with Gasteiger partial charge in [0.05, 0.1) is 12.7 Å². The molecule has 0 aromatic rings. The second-order valence-electron chi connectivity index (χ2n) is 3.01. The molecular weight excluding hydrogens is 186 g/mol. The summed E-state index contributed by atoms with van der Waals surface area (Å²) in [7, 11) is 3.25. The summed E-state index contributed by atoms with van der Waals surface area (Å²) >= 11 is 0. The van der Waals surface area contributed by atoms with Gasteiger partial charge in [-0.05, 0) is 13.0 Å². The molecule has 0 aliphatic rings. The number of carbonyl (C=O) groups is 1. The van der Waals surface area contributed by atoms with Crippen LogP contribution in [0.4, 0.5) is 0 Å². The Morgan fingerprint density at radius 2 is 2.21 bits per heavy atom. The monoisotopic (exact) mass is 205 g/mol. The summed E-state index contributed by atoms with van der Waals surface area (Å²) in [6, 6.07) is 0. The first kappa shape index (κ1) is 13.4. The molecule has 0 bridgehead atoms. The molecule has 5 nitrogen and oxygen atoms in total. The Morgan fingerprint density at radius 3 is 2.71 bits per heavy atom. The van der Waals surface area contributed by atoms with Gasteiger partial charge in [-0.15, -0.1) is 0 Å². The maximum atomic E-state index is 10.2. The molecule has 14 heavy (non-hydrogen) atoms. The Labute approximate surface area is 84.4 Å². The van der Waals surface area contributed by atoms with Gasteiger partial charge in [-0.2, -0.15) is 0 Å². The number of nitrogens with one attached hydrogen (secondary N) is 1. The third-order valence-corrected chi connectivity index (χ3v) is 1.80. The van der Waals surface area contributed by atoms with E-state index in [-0.39, 0.29) is 12.5 Å². The van der Waals surface area contributed by atoms with Crippen LogP contribution in [0.5, 0.6) is 0 Å². The van der Waals surface area contributed by atoms with Crippen molar-refractivity contribution < 1.29 is 19.4 Å². The number of hydrogen-bond acceptors (Lipinski definition) is 4. The van der Waals surface area contributed by atoms with Crippen LogP contribution in [0, 0.1) is 0 Å². The lowest BCUT2D eigenvalue weighted by Crippen LogP contribution is -2.32. The molecule has 1 atom stereocenters. The lowest BCUT2D eigenvalue weighted by atomic mass is 10.3. The van der Waals surface area contributed by atoms with Crippen LogP contribution in [0.25, 0.3) is 0 Å². The van der Waals surface area contributed by atoms with Crippen molar-refractivity contribution in [2.45, 2.75) is 18.9 Å². The average Bonchev–Trinajstić information content (AvgIpc) is 2.15. The molecule has 0 rings (SSSR count). The van der Waals surface area contributed by atoms with Crippen molar-refractivity contribution in [3.8, 4) is 0 Å². The van der Waals surface area contributed by atoms with E-state index in [2.05, 4.69) is 5.32 Å². The van der Waals surface area contributed by atoms with Crippen molar-refractivity contribution in [3.63, 3.8) is 0 Å². The summed E-state index contributed by atoms with van der Waals surface area (Å²) < 4.78 is 10.0. The highest BCUT2D eigenvalue weighted by molar-refractivity contribution is 5.66.